The summed E-state index contributed by atoms with van der Waals surface area (Å²) in [5.41, 5.74) is 0. The molecule has 0 aromatic carbocycles. The van der Waals surface area contributed by atoms with Crippen LogP contribution in [0.4, 0.5) is 0 Å². The maximum absolute atomic E-state index is 9.84. The maximum atomic E-state index is 9.84. The molecule has 0 saturated heterocycles. The number of rotatable bonds is 3. The van der Waals surface area contributed by atoms with Crippen molar-refractivity contribution in [3.8, 4) is 0 Å². The molecule has 0 aliphatic rings. The van der Waals surface area contributed by atoms with Crippen LogP contribution in [-0.4, -0.2) is 18.8 Å². The highest BCUT2D eigenvalue weighted by Gasteiger charge is 1.98. The van der Waals surface area contributed by atoms with Crippen LogP contribution < -0.4 is 5.32 Å². The van der Waals surface area contributed by atoms with E-state index >= 15 is 0 Å². The SMILES string of the molecule is C=CNCS(=O)(=O)O.Cl. The minimum atomic E-state index is -3.87. The second-order valence-electron chi connectivity index (χ2n) is 1.13. The van der Waals surface area contributed by atoms with Gasteiger partial charge in [-0.2, -0.15) is 8.42 Å². The standard InChI is InChI=1S/C3H7NO3S.ClH/c1-2-4-3-8(5,6)7;/h2,4H,1,3H2,(H,5,6,7);1H. The first-order chi connectivity index (χ1) is 3.56. The lowest BCUT2D eigenvalue weighted by atomic mass is 11.0. The van der Waals surface area contributed by atoms with Crippen LogP contribution in [-0.2, 0) is 10.1 Å². The van der Waals surface area contributed by atoms with E-state index in [9.17, 15) is 8.42 Å². The highest BCUT2D eigenvalue weighted by Crippen LogP contribution is 1.73. The van der Waals surface area contributed by atoms with E-state index in [0.29, 0.717) is 0 Å². The third-order valence-electron chi connectivity index (χ3n) is 0.410. The molecular weight excluding hydrogens is 166 g/mol. The third kappa shape index (κ3) is 11.4. The van der Waals surface area contributed by atoms with Crippen molar-refractivity contribution >= 4 is 22.5 Å². The van der Waals surface area contributed by atoms with Gasteiger partial charge in [-0.05, 0) is 6.20 Å². The van der Waals surface area contributed by atoms with Crippen LogP contribution in [0.15, 0.2) is 12.8 Å². The van der Waals surface area contributed by atoms with Crippen LogP contribution in [0, 0.1) is 0 Å². The summed E-state index contributed by atoms with van der Waals surface area (Å²) >= 11 is 0. The predicted molar refractivity (Wildman–Crippen MR) is 37.0 cm³/mol. The monoisotopic (exact) mass is 173 g/mol. The lowest BCUT2D eigenvalue weighted by molar-refractivity contribution is 0.480. The van der Waals surface area contributed by atoms with Gasteiger partial charge in [0, 0.05) is 0 Å². The molecule has 2 N–H and O–H groups in total. The fourth-order valence-electron chi connectivity index (χ4n) is 0.164. The van der Waals surface area contributed by atoms with Crippen molar-refractivity contribution in [3.63, 3.8) is 0 Å². The fourth-order valence-corrected chi connectivity index (χ4v) is 0.493. The molecule has 0 atom stereocenters. The molecule has 0 rings (SSSR count). The Hall–Kier alpha value is -0.260. The Morgan fingerprint density at radius 3 is 2.22 bits per heavy atom. The Morgan fingerprint density at radius 1 is 1.67 bits per heavy atom. The summed E-state index contributed by atoms with van der Waals surface area (Å²) in [6, 6.07) is 0. The Morgan fingerprint density at radius 2 is 2.11 bits per heavy atom. The number of hydrogen-bond acceptors (Lipinski definition) is 3. The normalized spacial score (nSPS) is 9.44. The molecule has 0 radical (unpaired) electrons. The Bertz CT molecular complexity index is 164. The molecule has 6 heteroatoms. The van der Waals surface area contributed by atoms with Gasteiger partial charge in [0.15, 0.2) is 0 Å². The molecule has 4 nitrogen and oxygen atoms in total. The van der Waals surface area contributed by atoms with Crippen LogP contribution in [0.1, 0.15) is 0 Å². The van der Waals surface area contributed by atoms with Gasteiger partial charge >= 0.3 is 0 Å². The molecule has 0 amide bonds. The summed E-state index contributed by atoms with van der Waals surface area (Å²) < 4.78 is 27.7. The quantitative estimate of drug-likeness (QED) is 0.589. The molecular formula is C3H8ClNO3S. The van der Waals surface area contributed by atoms with Gasteiger partial charge < -0.3 is 5.32 Å². The first-order valence-electron chi connectivity index (χ1n) is 1.86. The van der Waals surface area contributed by atoms with Crippen LogP contribution in [0.25, 0.3) is 0 Å². The number of hydrogen-bond donors (Lipinski definition) is 2. The summed E-state index contributed by atoms with van der Waals surface area (Å²) in [7, 11) is -3.87. The molecule has 0 heterocycles. The van der Waals surface area contributed by atoms with E-state index in [1.54, 1.807) is 0 Å². The van der Waals surface area contributed by atoms with Crippen molar-refractivity contribution in [3.05, 3.63) is 12.8 Å². The van der Waals surface area contributed by atoms with Gasteiger partial charge in [0.05, 0.1) is 0 Å². The molecule has 0 bridgehead atoms. The maximum Gasteiger partial charge on any atom is 0.283 e. The first kappa shape index (κ1) is 11.5. The predicted octanol–water partition coefficient (Wildman–Crippen LogP) is -0.0134. The zero-order valence-electron chi connectivity index (χ0n) is 4.57. The van der Waals surface area contributed by atoms with Gasteiger partial charge in [-0.1, -0.05) is 6.58 Å². The van der Waals surface area contributed by atoms with E-state index in [4.69, 9.17) is 4.55 Å². The minimum Gasteiger partial charge on any atom is -0.376 e. The Labute approximate surface area is 60.1 Å². The van der Waals surface area contributed by atoms with Crippen molar-refractivity contribution in [1.82, 2.24) is 5.32 Å². The van der Waals surface area contributed by atoms with Gasteiger partial charge in [0.2, 0.25) is 0 Å². The van der Waals surface area contributed by atoms with E-state index in [2.05, 4.69) is 11.9 Å². The third-order valence-corrected chi connectivity index (χ3v) is 0.942. The minimum absolute atomic E-state index is 0. The molecule has 0 aromatic rings. The van der Waals surface area contributed by atoms with Crippen LogP contribution in [0.3, 0.4) is 0 Å². The molecule has 0 spiro atoms. The van der Waals surface area contributed by atoms with Crippen molar-refractivity contribution in [1.29, 1.82) is 0 Å². The topological polar surface area (TPSA) is 66.4 Å². The molecule has 0 aromatic heterocycles. The van der Waals surface area contributed by atoms with Gasteiger partial charge in [0.1, 0.15) is 5.88 Å². The van der Waals surface area contributed by atoms with E-state index in [-0.39, 0.29) is 12.4 Å². The van der Waals surface area contributed by atoms with Crippen molar-refractivity contribution in [2.45, 2.75) is 0 Å². The second kappa shape index (κ2) is 4.60. The number of nitrogens with one attached hydrogen (secondary N) is 1. The lowest BCUT2D eigenvalue weighted by Crippen LogP contribution is -2.16. The van der Waals surface area contributed by atoms with Crippen LogP contribution in [0.5, 0.6) is 0 Å². The van der Waals surface area contributed by atoms with Crippen molar-refractivity contribution in [2.75, 3.05) is 5.88 Å². The second-order valence-corrected chi connectivity index (χ2v) is 2.59. The Kier molecular flexibility index (Phi) is 5.89. The molecule has 0 unspecified atom stereocenters. The summed E-state index contributed by atoms with van der Waals surface area (Å²) in [4.78, 5) is 0. The van der Waals surface area contributed by atoms with Gasteiger partial charge in [-0.3, -0.25) is 4.55 Å². The van der Waals surface area contributed by atoms with Gasteiger partial charge in [0.25, 0.3) is 10.1 Å². The van der Waals surface area contributed by atoms with Gasteiger partial charge in [-0.15, -0.1) is 12.4 Å². The van der Waals surface area contributed by atoms with Crippen molar-refractivity contribution < 1.29 is 13.0 Å². The summed E-state index contributed by atoms with van der Waals surface area (Å²) in [6.45, 7) is 3.18. The van der Waals surface area contributed by atoms with E-state index in [1.807, 2.05) is 0 Å². The highest BCUT2D eigenvalue weighted by atomic mass is 35.5. The zero-order valence-corrected chi connectivity index (χ0v) is 6.20. The summed E-state index contributed by atoms with van der Waals surface area (Å²) in [6.07, 6.45) is 1.19. The highest BCUT2D eigenvalue weighted by molar-refractivity contribution is 7.85. The Balaban J connectivity index is 0. The van der Waals surface area contributed by atoms with E-state index in [1.165, 1.54) is 6.20 Å². The van der Waals surface area contributed by atoms with E-state index in [0.717, 1.165) is 0 Å². The van der Waals surface area contributed by atoms with Crippen molar-refractivity contribution in [2.24, 2.45) is 0 Å². The molecule has 0 aliphatic carbocycles. The van der Waals surface area contributed by atoms with Crippen LogP contribution >= 0.6 is 12.4 Å². The average Bonchev–Trinajstić information content (AvgIpc) is 1.59. The average molecular weight is 174 g/mol. The molecule has 56 valence electrons. The molecule has 9 heavy (non-hydrogen) atoms. The van der Waals surface area contributed by atoms with Gasteiger partial charge in [-0.25, -0.2) is 0 Å². The largest absolute Gasteiger partial charge is 0.376 e. The summed E-state index contributed by atoms with van der Waals surface area (Å²) in [5, 5.41) is 2.21. The molecule has 0 aliphatic heterocycles. The summed E-state index contributed by atoms with van der Waals surface area (Å²) in [5.74, 6) is -0.476. The van der Waals surface area contributed by atoms with E-state index < -0.39 is 16.0 Å². The first-order valence-corrected chi connectivity index (χ1v) is 3.46. The smallest absolute Gasteiger partial charge is 0.283 e. The lowest BCUT2D eigenvalue weighted by Gasteiger charge is -1.92. The molecule has 0 fully saturated rings. The zero-order chi connectivity index (χ0) is 6.62. The number of halogens is 1. The molecule has 0 saturated carbocycles. The van der Waals surface area contributed by atoms with Crippen LogP contribution in [0.2, 0.25) is 0 Å². The fraction of sp³-hybridized carbons (Fsp3) is 0.333.